The number of hydrogen-bond donors (Lipinski definition) is 1. The summed E-state index contributed by atoms with van der Waals surface area (Å²) in [5, 5.41) is 5.57. The summed E-state index contributed by atoms with van der Waals surface area (Å²) in [5.74, 6) is 0.306. The first-order chi connectivity index (χ1) is 13.0. The second-order valence-corrected chi connectivity index (χ2v) is 7.33. The third-order valence-corrected chi connectivity index (χ3v) is 5.11. The lowest BCUT2D eigenvalue weighted by molar-refractivity contribution is -0.858. The molecular formula is C20H24FN6+. The van der Waals surface area contributed by atoms with E-state index in [9.17, 15) is 4.39 Å². The Bertz CT molecular complexity index is 1110. The van der Waals surface area contributed by atoms with Gasteiger partial charge in [-0.05, 0) is 43.7 Å². The molecule has 0 atom stereocenters. The van der Waals surface area contributed by atoms with E-state index in [-0.39, 0.29) is 5.82 Å². The van der Waals surface area contributed by atoms with Crippen molar-refractivity contribution in [1.29, 1.82) is 0 Å². The quantitative estimate of drug-likeness (QED) is 0.587. The van der Waals surface area contributed by atoms with Crippen molar-refractivity contribution in [3.05, 3.63) is 47.7 Å². The molecule has 6 nitrogen and oxygen atoms in total. The van der Waals surface area contributed by atoms with Gasteiger partial charge in [-0.25, -0.2) is 18.9 Å². The van der Waals surface area contributed by atoms with Crippen molar-refractivity contribution in [2.75, 3.05) is 20.6 Å². The first kappa shape index (κ1) is 17.6. The fourth-order valence-electron chi connectivity index (χ4n) is 3.52. The van der Waals surface area contributed by atoms with Crippen LogP contribution in [0.2, 0.25) is 0 Å². The fraction of sp³-hybridized carbons (Fsp3) is 0.350. The summed E-state index contributed by atoms with van der Waals surface area (Å²) in [7, 11) is 4.34. The minimum atomic E-state index is -0.269. The highest BCUT2D eigenvalue weighted by molar-refractivity contribution is 5.94. The van der Waals surface area contributed by atoms with E-state index in [2.05, 4.69) is 42.6 Å². The Balaban J connectivity index is 1.82. The summed E-state index contributed by atoms with van der Waals surface area (Å²) < 4.78 is 17.2. The topological polar surface area (TPSA) is 52.5 Å². The molecule has 0 saturated carbocycles. The lowest BCUT2D eigenvalue weighted by Crippen LogP contribution is -3.05. The maximum atomic E-state index is 13.2. The van der Waals surface area contributed by atoms with Gasteiger partial charge in [0, 0.05) is 24.2 Å². The van der Waals surface area contributed by atoms with Crippen LogP contribution in [0.15, 0.2) is 30.6 Å². The normalized spacial score (nSPS) is 11.9. The van der Waals surface area contributed by atoms with Crippen molar-refractivity contribution in [3.63, 3.8) is 0 Å². The zero-order valence-electron chi connectivity index (χ0n) is 16.1. The SMILES string of the molecule is Cc1c(C)n(CCC[NH+](C)C)c2ncn3nc(-c4ccc(F)cc4)nc3c12. The number of aryl methyl sites for hydroxylation is 2. The van der Waals surface area contributed by atoms with Gasteiger partial charge in [0.25, 0.3) is 0 Å². The van der Waals surface area contributed by atoms with Crippen LogP contribution in [0, 0.1) is 19.7 Å². The molecule has 3 heterocycles. The number of quaternary nitrogens is 1. The van der Waals surface area contributed by atoms with E-state index in [0.717, 1.165) is 41.8 Å². The Labute approximate surface area is 157 Å². The Morgan fingerprint density at radius 3 is 2.52 bits per heavy atom. The van der Waals surface area contributed by atoms with Gasteiger partial charge in [0.1, 0.15) is 17.8 Å². The number of fused-ring (bicyclic) bond motifs is 3. The molecule has 1 N–H and O–H groups in total. The summed E-state index contributed by atoms with van der Waals surface area (Å²) in [4.78, 5) is 10.8. The Morgan fingerprint density at radius 1 is 1.07 bits per heavy atom. The molecule has 7 heteroatoms. The molecule has 140 valence electrons. The zero-order valence-corrected chi connectivity index (χ0v) is 16.1. The van der Waals surface area contributed by atoms with Gasteiger partial charge in [0.15, 0.2) is 11.5 Å². The number of rotatable bonds is 5. The molecule has 3 aromatic heterocycles. The van der Waals surface area contributed by atoms with Gasteiger partial charge in [-0.15, -0.1) is 5.10 Å². The minimum absolute atomic E-state index is 0.269. The third kappa shape index (κ3) is 3.08. The maximum absolute atomic E-state index is 13.2. The second-order valence-electron chi connectivity index (χ2n) is 7.33. The van der Waals surface area contributed by atoms with Crippen LogP contribution in [0.5, 0.6) is 0 Å². The maximum Gasteiger partial charge on any atom is 0.182 e. The van der Waals surface area contributed by atoms with E-state index < -0.39 is 0 Å². The van der Waals surface area contributed by atoms with Crippen LogP contribution in [0.3, 0.4) is 0 Å². The van der Waals surface area contributed by atoms with Crippen LogP contribution in [-0.4, -0.2) is 44.8 Å². The van der Waals surface area contributed by atoms with Crippen molar-refractivity contribution in [3.8, 4) is 11.4 Å². The van der Waals surface area contributed by atoms with E-state index in [4.69, 9.17) is 4.98 Å². The highest BCUT2D eigenvalue weighted by Gasteiger charge is 2.18. The molecule has 0 aliphatic heterocycles. The molecule has 0 aliphatic rings. The van der Waals surface area contributed by atoms with Crippen LogP contribution >= 0.6 is 0 Å². The van der Waals surface area contributed by atoms with E-state index in [1.807, 2.05) is 0 Å². The van der Waals surface area contributed by atoms with Gasteiger partial charge in [-0.3, -0.25) is 0 Å². The van der Waals surface area contributed by atoms with Crippen LogP contribution in [-0.2, 0) is 6.54 Å². The molecule has 0 unspecified atom stereocenters. The number of nitrogens with one attached hydrogen (secondary N) is 1. The number of hydrogen-bond acceptors (Lipinski definition) is 3. The van der Waals surface area contributed by atoms with E-state index in [0.29, 0.717) is 5.82 Å². The highest BCUT2D eigenvalue weighted by Crippen LogP contribution is 2.28. The third-order valence-electron chi connectivity index (χ3n) is 5.11. The lowest BCUT2D eigenvalue weighted by atomic mass is 10.2. The lowest BCUT2D eigenvalue weighted by Gasteiger charge is -2.10. The van der Waals surface area contributed by atoms with Gasteiger partial charge in [0.2, 0.25) is 0 Å². The van der Waals surface area contributed by atoms with Crippen LogP contribution < -0.4 is 4.90 Å². The smallest absolute Gasteiger partial charge is 0.182 e. The predicted molar refractivity (Wildman–Crippen MR) is 103 cm³/mol. The molecule has 0 spiro atoms. The van der Waals surface area contributed by atoms with Crippen molar-refractivity contribution < 1.29 is 9.29 Å². The molecule has 0 radical (unpaired) electrons. The Kier molecular flexibility index (Phi) is 4.39. The molecule has 0 fully saturated rings. The van der Waals surface area contributed by atoms with Gasteiger partial charge in [-0.1, -0.05) is 0 Å². The molecular weight excluding hydrogens is 343 g/mol. The van der Waals surface area contributed by atoms with Crippen molar-refractivity contribution in [1.82, 2.24) is 24.1 Å². The first-order valence-electron chi connectivity index (χ1n) is 9.21. The highest BCUT2D eigenvalue weighted by atomic mass is 19.1. The molecule has 1 aromatic carbocycles. The largest absolute Gasteiger partial charge is 0.340 e. The number of aromatic nitrogens is 5. The molecule has 4 rings (SSSR count). The summed E-state index contributed by atoms with van der Waals surface area (Å²) in [6.07, 6.45) is 2.80. The average molecular weight is 367 g/mol. The Hall–Kier alpha value is -2.80. The van der Waals surface area contributed by atoms with E-state index >= 15 is 0 Å². The molecule has 0 aliphatic carbocycles. The Morgan fingerprint density at radius 2 is 1.81 bits per heavy atom. The van der Waals surface area contributed by atoms with Crippen molar-refractivity contribution in [2.24, 2.45) is 0 Å². The van der Waals surface area contributed by atoms with E-state index in [1.165, 1.54) is 28.3 Å². The predicted octanol–water partition coefficient (Wildman–Crippen LogP) is 2.04. The standard InChI is InChI=1S/C20H23FN6/c1-13-14(2)26(11-5-10-25(3)4)19-17(13)20-23-18(24-27(20)12-22-19)15-6-8-16(21)9-7-15/h6-9,12H,5,10-11H2,1-4H3/p+1. The fourth-order valence-corrected chi connectivity index (χ4v) is 3.52. The average Bonchev–Trinajstić information content (AvgIpc) is 3.17. The van der Waals surface area contributed by atoms with Crippen LogP contribution in [0.1, 0.15) is 17.7 Å². The van der Waals surface area contributed by atoms with Crippen LogP contribution in [0.4, 0.5) is 4.39 Å². The summed E-state index contributed by atoms with van der Waals surface area (Å²) >= 11 is 0. The molecule has 4 aromatic rings. The van der Waals surface area contributed by atoms with Crippen LogP contribution in [0.25, 0.3) is 28.1 Å². The van der Waals surface area contributed by atoms with Gasteiger partial charge < -0.3 is 9.47 Å². The van der Waals surface area contributed by atoms with E-state index in [1.54, 1.807) is 23.0 Å². The molecule has 0 saturated heterocycles. The summed E-state index contributed by atoms with van der Waals surface area (Å²) in [6, 6.07) is 6.24. The van der Waals surface area contributed by atoms with Crippen molar-refractivity contribution in [2.45, 2.75) is 26.8 Å². The zero-order chi connectivity index (χ0) is 19.1. The number of halogens is 1. The van der Waals surface area contributed by atoms with Gasteiger partial charge in [0.05, 0.1) is 26.0 Å². The van der Waals surface area contributed by atoms with Crippen molar-refractivity contribution >= 4 is 16.7 Å². The van der Waals surface area contributed by atoms with Gasteiger partial charge >= 0.3 is 0 Å². The second kappa shape index (κ2) is 6.74. The number of nitrogens with zero attached hydrogens (tertiary/aromatic N) is 5. The molecule has 0 bridgehead atoms. The first-order valence-corrected chi connectivity index (χ1v) is 9.21. The minimum Gasteiger partial charge on any atom is -0.340 e. The monoisotopic (exact) mass is 367 g/mol. The van der Waals surface area contributed by atoms with Gasteiger partial charge in [-0.2, -0.15) is 0 Å². The molecule has 27 heavy (non-hydrogen) atoms. The number of benzene rings is 1. The summed E-state index contributed by atoms with van der Waals surface area (Å²) in [6.45, 7) is 6.29. The summed E-state index contributed by atoms with van der Waals surface area (Å²) in [5.41, 5.74) is 4.92. The molecule has 0 amide bonds.